The molecular formula is C111H144O12. The van der Waals surface area contributed by atoms with Gasteiger partial charge in [-0.2, -0.15) is 0 Å². The van der Waals surface area contributed by atoms with Gasteiger partial charge in [0.2, 0.25) is 0 Å². The molecule has 12 heteroatoms. The lowest BCUT2D eigenvalue weighted by Gasteiger charge is -2.33. The first kappa shape index (κ1) is 104. The number of rotatable bonds is 45. The molecule has 0 N–H and O–H groups in total. The average Bonchev–Trinajstić information content (AvgIpc) is 0.831. The highest BCUT2D eigenvalue weighted by atomic mass is 16.6. The van der Waals surface area contributed by atoms with E-state index in [2.05, 4.69) is 213 Å². The van der Waals surface area contributed by atoms with Crippen LogP contribution in [0.2, 0.25) is 0 Å². The lowest BCUT2D eigenvalue weighted by molar-refractivity contribution is -0.150. The Balaban J connectivity index is 1.28. The van der Waals surface area contributed by atoms with Crippen molar-refractivity contribution in [1.29, 1.82) is 0 Å². The number of benzene rings is 1. The number of esters is 6. The van der Waals surface area contributed by atoms with Crippen molar-refractivity contribution in [2.75, 3.05) is 19.8 Å². The van der Waals surface area contributed by atoms with Gasteiger partial charge in [-0.1, -0.05) is 327 Å². The van der Waals surface area contributed by atoms with E-state index in [-0.39, 0.29) is 94.4 Å². The minimum Gasteiger partial charge on any atom is -0.461 e. The van der Waals surface area contributed by atoms with Crippen molar-refractivity contribution < 1.29 is 57.2 Å². The molecule has 0 saturated heterocycles. The Morgan fingerprint density at radius 3 is 0.667 bits per heavy atom. The zero-order valence-electron chi connectivity index (χ0n) is 78.3. The molecule has 0 fully saturated rings. The first-order chi connectivity index (χ1) is 58.4. The van der Waals surface area contributed by atoms with Crippen LogP contribution in [0, 0.1) is 16.2 Å². The van der Waals surface area contributed by atoms with Gasteiger partial charge in [0, 0.05) is 0 Å². The third kappa shape index (κ3) is 46.2. The van der Waals surface area contributed by atoms with Crippen molar-refractivity contribution >= 4 is 35.8 Å². The second-order valence-corrected chi connectivity index (χ2v) is 35.0. The van der Waals surface area contributed by atoms with Gasteiger partial charge in [-0.25, -0.2) is 0 Å². The van der Waals surface area contributed by atoms with Crippen molar-refractivity contribution in [3.05, 3.63) is 354 Å². The van der Waals surface area contributed by atoms with Crippen molar-refractivity contribution in [3.63, 3.8) is 0 Å². The molecular weight excluding hydrogens is 1530 g/mol. The topological polar surface area (TPSA) is 158 Å². The van der Waals surface area contributed by atoms with Crippen LogP contribution in [-0.4, -0.2) is 55.6 Å². The van der Waals surface area contributed by atoms with Crippen molar-refractivity contribution in [3.8, 4) is 0 Å². The van der Waals surface area contributed by atoms with Crippen LogP contribution in [0.5, 0.6) is 0 Å². The smallest absolute Gasteiger partial charge is 0.306 e. The fraction of sp³-hybridized carbons (Fsp3) is 0.405. The third-order valence-corrected chi connectivity index (χ3v) is 21.3. The summed E-state index contributed by atoms with van der Waals surface area (Å²) in [5.74, 6) is -3.67. The Labute approximate surface area is 740 Å². The predicted molar refractivity (Wildman–Crippen MR) is 512 cm³/mol. The monoisotopic (exact) mass is 1670 g/mol. The molecule has 3 aliphatic carbocycles. The second kappa shape index (κ2) is 56.6. The summed E-state index contributed by atoms with van der Waals surface area (Å²) in [5, 5.41) is 0. The summed E-state index contributed by atoms with van der Waals surface area (Å²) in [6, 6.07) is 5.00. The van der Waals surface area contributed by atoms with Crippen molar-refractivity contribution in [1.82, 2.24) is 0 Å². The second-order valence-electron chi connectivity index (χ2n) is 35.0. The summed E-state index contributed by atoms with van der Waals surface area (Å²) >= 11 is 0. The molecule has 0 unspecified atom stereocenters. The number of carbonyl (C=O) groups excluding carboxylic acids is 6. The fourth-order valence-corrected chi connectivity index (χ4v) is 13.9. The molecule has 1 aromatic rings. The SMILES string of the molecule is CC1=C(/C=C/C(C)=C/C=C/C(C)=C/C=C/C=C(C)/C=C/C=C(\C)COC(=O)CCC(=O)OCc2cc(COC(=O)CCC(=O)OC/C(C)=C/C=C/C(C)=C/C=C/C=C(C)/C=C/C=C(C)/C=C/C3=C(C)CCCC3(C)C)cc(COC(=O)CCC(=O)OC/C(C)=C/C=C/C(C)=C/C=C/C=C(C)/C=C/C=C(C)/C=C/C3=C(C)CCCC3(C)C)c2)C(C)(C)CCC1. The summed E-state index contributed by atoms with van der Waals surface area (Å²) in [5.41, 5.74) is 23.4. The Bertz CT molecular complexity index is 4220. The summed E-state index contributed by atoms with van der Waals surface area (Å²) < 4.78 is 33.1. The Morgan fingerprint density at radius 2 is 0.455 bits per heavy atom. The Hall–Kier alpha value is -11.0. The van der Waals surface area contributed by atoms with E-state index in [4.69, 9.17) is 28.4 Å². The number of ether oxygens (including phenoxy) is 6. The fourth-order valence-electron chi connectivity index (χ4n) is 13.9. The molecule has 0 atom stereocenters. The zero-order chi connectivity index (χ0) is 90.8. The van der Waals surface area contributed by atoms with E-state index < -0.39 is 35.8 Å². The molecule has 0 bridgehead atoms. The van der Waals surface area contributed by atoms with E-state index in [1.807, 2.05) is 151 Å². The van der Waals surface area contributed by atoms with Gasteiger partial charge in [-0.15, -0.1) is 0 Å². The maximum Gasteiger partial charge on any atom is 0.306 e. The number of hydrogen-bond donors (Lipinski definition) is 0. The van der Waals surface area contributed by atoms with Crippen LogP contribution in [0.3, 0.4) is 0 Å². The quantitative estimate of drug-likeness (QED) is 0.0346. The molecule has 3 aliphatic rings. The van der Waals surface area contributed by atoms with Gasteiger partial charge in [-0.3, -0.25) is 28.8 Å². The van der Waals surface area contributed by atoms with Crippen LogP contribution in [-0.2, 0) is 77.0 Å². The zero-order valence-corrected chi connectivity index (χ0v) is 78.3. The molecule has 0 heterocycles. The van der Waals surface area contributed by atoms with Gasteiger partial charge in [-0.05, 0) is 246 Å². The number of carbonyl (C=O) groups is 6. The molecule has 0 amide bonds. The molecule has 123 heavy (non-hydrogen) atoms. The van der Waals surface area contributed by atoms with E-state index in [0.717, 1.165) is 50.2 Å². The van der Waals surface area contributed by atoms with Gasteiger partial charge in [0.15, 0.2) is 0 Å². The summed E-state index contributed by atoms with van der Waals surface area (Å²) in [7, 11) is 0. The van der Waals surface area contributed by atoms with Crippen molar-refractivity contribution in [2.24, 2.45) is 16.2 Å². The highest BCUT2D eigenvalue weighted by Gasteiger charge is 2.29. The molecule has 0 saturated carbocycles. The van der Waals surface area contributed by atoms with E-state index in [1.54, 1.807) is 18.2 Å². The van der Waals surface area contributed by atoms with Crippen LogP contribution in [0.15, 0.2) is 337 Å². The molecule has 0 radical (unpaired) electrons. The maximum atomic E-state index is 13.1. The van der Waals surface area contributed by atoms with Crippen LogP contribution in [0.4, 0.5) is 0 Å². The maximum absolute atomic E-state index is 13.1. The first-order valence-electron chi connectivity index (χ1n) is 43.7. The molecule has 4 rings (SSSR count). The largest absolute Gasteiger partial charge is 0.461 e. The standard InChI is InChI=1S/C111H144O12/c1-82(43-28-49-88(7)58-61-100-94(13)55-34-70-109(100,16)17)37-22-25-40-85(4)46-31-52-91(10)76-118-103(112)64-67-106(115)121-79-97-73-98(80-122-107(116)68-65-104(113)119-77-92(11)53-32-47-86(5)41-26-23-38-83(2)44-29-50-89(8)59-62-101-95(14)56-35-71-110(101,18)19)75-99(74-97)81-123-108(117)69-66-105(114)120-78-93(12)54-33-48-87(6)42-27-24-39-84(3)45-30-51-90(9)60-63-102-96(15)57-36-72-111(102,20)21/h22-33,37-54,58-63,73-75H,34-36,55-57,64-72,76-81H2,1-21H3/b25-22+,26-23+,27-24+,43-28+,44-29+,45-30+,46-31+,47-32+,48-33+,61-58+,62-59+,63-60+,82-37+,83-38+,84-39+,85-40+,86-41+,87-42+,88-49+,89-50+,90-51+,91-52+,92-53+,93-54+. The summed E-state index contributed by atoms with van der Waals surface area (Å²) in [6.45, 7) is 44.4. The first-order valence-corrected chi connectivity index (χ1v) is 43.7. The molecule has 0 aliphatic heterocycles. The predicted octanol–water partition coefficient (Wildman–Crippen LogP) is 28.4. The van der Waals surface area contributed by atoms with E-state index >= 15 is 0 Å². The highest BCUT2D eigenvalue weighted by Crippen LogP contribution is 2.43. The summed E-state index contributed by atoms with van der Waals surface area (Å²) in [6.07, 6.45) is 83.4. The van der Waals surface area contributed by atoms with Crippen LogP contribution < -0.4 is 0 Å². The lowest BCUT2D eigenvalue weighted by atomic mass is 9.72. The number of allylic oxidation sites excluding steroid dienone is 51. The van der Waals surface area contributed by atoms with E-state index in [0.29, 0.717) is 16.7 Å². The van der Waals surface area contributed by atoms with E-state index in [9.17, 15) is 28.8 Å². The normalized spacial score (nSPS) is 17.7. The van der Waals surface area contributed by atoms with Crippen LogP contribution >= 0.6 is 0 Å². The highest BCUT2D eigenvalue weighted by molar-refractivity contribution is 5.79. The molecule has 0 spiro atoms. The summed E-state index contributed by atoms with van der Waals surface area (Å²) in [4.78, 5) is 77.6. The van der Waals surface area contributed by atoms with Crippen LogP contribution in [0.1, 0.15) is 258 Å². The average molecular weight is 1670 g/mol. The third-order valence-electron chi connectivity index (χ3n) is 21.3. The van der Waals surface area contributed by atoms with Crippen LogP contribution in [0.25, 0.3) is 0 Å². The van der Waals surface area contributed by atoms with Gasteiger partial charge in [0.05, 0.1) is 38.5 Å². The molecule has 12 nitrogen and oxygen atoms in total. The number of hydrogen-bond acceptors (Lipinski definition) is 12. The van der Waals surface area contributed by atoms with Gasteiger partial charge < -0.3 is 28.4 Å². The van der Waals surface area contributed by atoms with E-state index in [1.165, 1.54) is 108 Å². The lowest BCUT2D eigenvalue weighted by Crippen LogP contribution is -2.19. The molecule has 0 aromatic heterocycles. The molecule has 1 aromatic carbocycles. The molecule has 660 valence electrons. The van der Waals surface area contributed by atoms with Gasteiger partial charge in [0.1, 0.15) is 39.6 Å². The Kier molecular flexibility index (Phi) is 48.1. The van der Waals surface area contributed by atoms with Crippen molar-refractivity contribution in [2.45, 2.75) is 262 Å². The van der Waals surface area contributed by atoms with Gasteiger partial charge in [0.25, 0.3) is 0 Å². The van der Waals surface area contributed by atoms with Gasteiger partial charge >= 0.3 is 35.8 Å². The minimum absolute atomic E-state index is 0.0408. The minimum atomic E-state index is -0.654. The Morgan fingerprint density at radius 1 is 0.268 bits per heavy atom.